The zero-order valence-electron chi connectivity index (χ0n) is 10.7. The number of hydrogen-bond acceptors (Lipinski definition) is 3. The highest BCUT2D eigenvalue weighted by Crippen LogP contribution is 2.24. The van der Waals surface area contributed by atoms with Gasteiger partial charge in [-0.25, -0.2) is 4.39 Å². The van der Waals surface area contributed by atoms with E-state index < -0.39 is 4.92 Å². The molecular formula is C14H12BrFN2O2. The van der Waals surface area contributed by atoms with Gasteiger partial charge >= 0.3 is 0 Å². The Morgan fingerprint density at radius 2 is 2.05 bits per heavy atom. The summed E-state index contributed by atoms with van der Waals surface area (Å²) in [6.45, 7) is 2.12. The van der Waals surface area contributed by atoms with Crippen LogP contribution in [0.15, 0.2) is 40.9 Å². The smallest absolute Gasteiger partial charge is 0.272 e. The highest BCUT2D eigenvalue weighted by molar-refractivity contribution is 9.10. The fraction of sp³-hybridized carbons (Fsp3) is 0.143. The van der Waals surface area contributed by atoms with Gasteiger partial charge in [0.1, 0.15) is 5.82 Å². The molecule has 0 aromatic heterocycles. The fourth-order valence-corrected chi connectivity index (χ4v) is 2.28. The maximum absolute atomic E-state index is 13.0. The minimum Gasteiger partial charge on any atom is -0.380 e. The molecular weight excluding hydrogens is 327 g/mol. The van der Waals surface area contributed by atoms with Crippen LogP contribution >= 0.6 is 15.9 Å². The molecule has 104 valence electrons. The second kappa shape index (κ2) is 6.00. The second-order valence-electron chi connectivity index (χ2n) is 4.36. The number of hydrogen-bond donors (Lipinski definition) is 1. The standard InChI is InChI=1S/C14H12BrFN2O2/c1-9-2-3-10(6-14(9)18(19)20)8-17-13-5-4-11(16)7-12(13)15/h2-7,17H,8H2,1H3. The molecule has 4 nitrogen and oxygen atoms in total. The summed E-state index contributed by atoms with van der Waals surface area (Å²) in [4.78, 5) is 10.5. The molecule has 0 amide bonds. The SMILES string of the molecule is Cc1ccc(CNc2ccc(F)cc2Br)cc1[N+](=O)[O-]. The predicted molar refractivity (Wildman–Crippen MR) is 79.3 cm³/mol. The first-order chi connectivity index (χ1) is 9.47. The molecule has 0 saturated carbocycles. The van der Waals surface area contributed by atoms with E-state index in [-0.39, 0.29) is 11.5 Å². The van der Waals surface area contributed by atoms with Crippen molar-refractivity contribution in [3.8, 4) is 0 Å². The van der Waals surface area contributed by atoms with E-state index in [1.165, 1.54) is 12.1 Å². The lowest BCUT2D eigenvalue weighted by Crippen LogP contribution is -2.02. The number of nitrogens with one attached hydrogen (secondary N) is 1. The number of anilines is 1. The van der Waals surface area contributed by atoms with Crippen LogP contribution in [0.3, 0.4) is 0 Å². The molecule has 1 N–H and O–H groups in total. The molecule has 0 aliphatic carbocycles. The van der Waals surface area contributed by atoms with E-state index in [4.69, 9.17) is 0 Å². The monoisotopic (exact) mass is 338 g/mol. The number of halogens is 2. The Labute approximate surface area is 123 Å². The van der Waals surface area contributed by atoms with Gasteiger partial charge in [-0.3, -0.25) is 10.1 Å². The molecule has 0 saturated heterocycles. The Bertz CT molecular complexity index is 662. The molecule has 0 heterocycles. The fourth-order valence-electron chi connectivity index (χ4n) is 1.79. The lowest BCUT2D eigenvalue weighted by atomic mass is 10.1. The number of rotatable bonds is 4. The van der Waals surface area contributed by atoms with Crippen molar-refractivity contribution >= 4 is 27.3 Å². The Kier molecular flexibility index (Phi) is 4.34. The third-order valence-electron chi connectivity index (χ3n) is 2.88. The number of benzene rings is 2. The number of aryl methyl sites for hydroxylation is 1. The largest absolute Gasteiger partial charge is 0.380 e. The van der Waals surface area contributed by atoms with Crippen LogP contribution in [0.1, 0.15) is 11.1 Å². The van der Waals surface area contributed by atoms with Crippen molar-refractivity contribution in [1.29, 1.82) is 0 Å². The first kappa shape index (κ1) is 14.5. The third-order valence-corrected chi connectivity index (χ3v) is 3.54. The molecule has 2 aromatic rings. The Balaban J connectivity index is 2.15. The average molecular weight is 339 g/mol. The number of nitrogens with zero attached hydrogens (tertiary/aromatic N) is 1. The summed E-state index contributed by atoms with van der Waals surface area (Å²) in [7, 11) is 0. The summed E-state index contributed by atoms with van der Waals surface area (Å²) in [5, 5.41) is 14.0. The molecule has 0 bridgehead atoms. The van der Waals surface area contributed by atoms with Gasteiger partial charge in [-0.15, -0.1) is 0 Å². The van der Waals surface area contributed by atoms with Crippen molar-refractivity contribution in [3.63, 3.8) is 0 Å². The molecule has 0 spiro atoms. The van der Waals surface area contributed by atoms with Crippen molar-refractivity contribution in [1.82, 2.24) is 0 Å². The molecule has 6 heteroatoms. The molecule has 2 rings (SSSR count). The molecule has 0 radical (unpaired) electrons. The van der Waals surface area contributed by atoms with Gasteiger partial charge in [0, 0.05) is 28.3 Å². The maximum atomic E-state index is 13.0. The summed E-state index contributed by atoms with van der Waals surface area (Å²) in [6, 6.07) is 9.41. The number of nitro groups is 1. The highest BCUT2D eigenvalue weighted by atomic mass is 79.9. The maximum Gasteiger partial charge on any atom is 0.272 e. The van der Waals surface area contributed by atoms with Crippen LogP contribution in [0, 0.1) is 22.9 Å². The van der Waals surface area contributed by atoms with Gasteiger partial charge in [0.05, 0.1) is 4.92 Å². The van der Waals surface area contributed by atoms with Crippen LogP contribution in [-0.4, -0.2) is 4.92 Å². The zero-order valence-corrected chi connectivity index (χ0v) is 12.3. The van der Waals surface area contributed by atoms with E-state index in [2.05, 4.69) is 21.2 Å². The van der Waals surface area contributed by atoms with E-state index in [0.717, 1.165) is 11.3 Å². The van der Waals surface area contributed by atoms with Crippen molar-refractivity contribution in [2.45, 2.75) is 13.5 Å². The van der Waals surface area contributed by atoms with Crippen LogP contribution < -0.4 is 5.32 Å². The highest BCUT2D eigenvalue weighted by Gasteiger charge is 2.11. The lowest BCUT2D eigenvalue weighted by molar-refractivity contribution is -0.385. The van der Waals surface area contributed by atoms with Gasteiger partial charge in [-0.2, -0.15) is 0 Å². The quantitative estimate of drug-likeness (QED) is 0.663. The average Bonchev–Trinajstić information content (AvgIpc) is 2.39. The van der Waals surface area contributed by atoms with Crippen molar-refractivity contribution < 1.29 is 9.31 Å². The van der Waals surface area contributed by atoms with Crippen LogP contribution in [0.25, 0.3) is 0 Å². The zero-order chi connectivity index (χ0) is 14.7. The minimum atomic E-state index is -0.396. The summed E-state index contributed by atoms with van der Waals surface area (Å²) in [5.74, 6) is -0.326. The van der Waals surface area contributed by atoms with Gasteiger partial charge in [0.2, 0.25) is 0 Å². The van der Waals surface area contributed by atoms with E-state index in [1.54, 1.807) is 25.1 Å². The summed E-state index contributed by atoms with van der Waals surface area (Å²) in [6.07, 6.45) is 0. The molecule has 0 aliphatic heterocycles. The molecule has 0 unspecified atom stereocenters. The first-order valence-corrected chi connectivity index (χ1v) is 6.69. The predicted octanol–water partition coefficient (Wildman–Crippen LogP) is 4.42. The third kappa shape index (κ3) is 3.33. The Morgan fingerprint density at radius 3 is 2.70 bits per heavy atom. The van der Waals surface area contributed by atoms with Crippen molar-refractivity contribution in [2.75, 3.05) is 5.32 Å². The second-order valence-corrected chi connectivity index (χ2v) is 5.21. The van der Waals surface area contributed by atoms with Gasteiger partial charge in [0.25, 0.3) is 5.69 Å². The van der Waals surface area contributed by atoms with Crippen LogP contribution in [0.5, 0.6) is 0 Å². The van der Waals surface area contributed by atoms with Crippen LogP contribution in [0.2, 0.25) is 0 Å². The van der Waals surface area contributed by atoms with Gasteiger partial charge in [0.15, 0.2) is 0 Å². The topological polar surface area (TPSA) is 55.2 Å². The molecule has 0 aliphatic rings. The molecule has 0 fully saturated rings. The number of nitro benzene ring substituents is 1. The van der Waals surface area contributed by atoms with Gasteiger partial charge < -0.3 is 5.32 Å². The van der Waals surface area contributed by atoms with E-state index in [9.17, 15) is 14.5 Å². The van der Waals surface area contributed by atoms with Crippen molar-refractivity contribution in [2.24, 2.45) is 0 Å². The summed E-state index contributed by atoms with van der Waals surface area (Å²) < 4.78 is 13.6. The molecule has 2 aromatic carbocycles. The summed E-state index contributed by atoms with van der Waals surface area (Å²) >= 11 is 3.26. The minimum absolute atomic E-state index is 0.0995. The lowest BCUT2D eigenvalue weighted by Gasteiger charge is -2.09. The normalized spacial score (nSPS) is 10.3. The molecule has 20 heavy (non-hydrogen) atoms. The van der Waals surface area contributed by atoms with Gasteiger partial charge in [-0.05, 0) is 46.6 Å². The van der Waals surface area contributed by atoms with E-state index in [0.29, 0.717) is 16.6 Å². The first-order valence-electron chi connectivity index (χ1n) is 5.90. The van der Waals surface area contributed by atoms with E-state index >= 15 is 0 Å². The van der Waals surface area contributed by atoms with Crippen LogP contribution in [-0.2, 0) is 6.54 Å². The van der Waals surface area contributed by atoms with Crippen molar-refractivity contribution in [3.05, 3.63) is 67.9 Å². The Hall–Kier alpha value is -1.95. The van der Waals surface area contributed by atoms with Crippen LogP contribution in [0.4, 0.5) is 15.8 Å². The van der Waals surface area contributed by atoms with E-state index in [1.807, 2.05) is 6.07 Å². The molecule has 0 atom stereocenters. The summed E-state index contributed by atoms with van der Waals surface area (Å²) in [5.41, 5.74) is 2.25. The Morgan fingerprint density at radius 1 is 1.30 bits per heavy atom. The van der Waals surface area contributed by atoms with Gasteiger partial charge in [-0.1, -0.05) is 12.1 Å².